The van der Waals surface area contributed by atoms with Gasteiger partial charge in [0.25, 0.3) is 0 Å². The monoisotopic (exact) mass is 440 g/mol. The van der Waals surface area contributed by atoms with Crippen LogP contribution in [-0.2, 0) is 4.79 Å². The molecule has 2 aromatic carbocycles. The molecule has 4 rings (SSSR count). The highest BCUT2D eigenvalue weighted by molar-refractivity contribution is 7.99. The molecule has 0 radical (unpaired) electrons. The van der Waals surface area contributed by atoms with Crippen molar-refractivity contribution in [1.29, 1.82) is 0 Å². The molecule has 1 amide bonds. The van der Waals surface area contributed by atoms with E-state index in [1.165, 1.54) is 36.0 Å². The van der Waals surface area contributed by atoms with Crippen LogP contribution in [0.25, 0.3) is 16.4 Å². The highest BCUT2D eigenvalue weighted by Gasteiger charge is 2.18. The van der Waals surface area contributed by atoms with Crippen molar-refractivity contribution in [2.75, 3.05) is 18.2 Å². The SMILES string of the molecule is COc1ccc(-n2c(SCC(=O)Nc3ccc(F)cc3)nnc2-c2cccs2)cc1. The zero-order chi connectivity index (χ0) is 20.9. The molecule has 4 aromatic rings. The van der Waals surface area contributed by atoms with Crippen LogP contribution in [0.2, 0.25) is 0 Å². The summed E-state index contributed by atoms with van der Waals surface area (Å²) in [7, 11) is 1.62. The minimum Gasteiger partial charge on any atom is -0.497 e. The van der Waals surface area contributed by atoms with Gasteiger partial charge in [-0.2, -0.15) is 0 Å². The number of halogens is 1. The number of nitrogens with one attached hydrogen (secondary N) is 1. The Morgan fingerprint density at radius 3 is 2.57 bits per heavy atom. The van der Waals surface area contributed by atoms with Crippen molar-refractivity contribution in [2.45, 2.75) is 5.16 Å². The molecule has 0 saturated carbocycles. The van der Waals surface area contributed by atoms with Crippen LogP contribution in [0.1, 0.15) is 0 Å². The van der Waals surface area contributed by atoms with Crippen LogP contribution < -0.4 is 10.1 Å². The maximum absolute atomic E-state index is 13.0. The fourth-order valence-electron chi connectivity index (χ4n) is 2.75. The third-order valence-corrected chi connectivity index (χ3v) is 5.96. The first-order chi connectivity index (χ1) is 14.6. The van der Waals surface area contributed by atoms with Crippen LogP contribution in [0.3, 0.4) is 0 Å². The van der Waals surface area contributed by atoms with E-state index in [1.54, 1.807) is 18.4 Å². The molecule has 0 aliphatic carbocycles. The van der Waals surface area contributed by atoms with Crippen molar-refractivity contribution in [3.63, 3.8) is 0 Å². The van der Waals surface area contributed by atoms with Crippen LogP contribution in [0.15, 0.2) is 71.2 Å². The summed E-state index contributed by atoms with van der Waals surface area (Å²) >= 11 is 2.84. The van der Waals surface area contributed by atoms with E-state index in [4.69, 9.17) is 4.74 Å². The van der Waals surface area contributed by atoms with E-state index in [1.807, 2.05) is 46.3 Å². The van der Waals surface area contributed by atoms with Gasteiger partial charge in [0.2, 0.25) is 5.91 Å². The summed E-state index contributed by atoms with van der Waals surface area (Å²) < 4.78 is 20.2. The highest BCUT2D eigenvalue weighted by Crippen LogP contribution is 2.31. The molecule has 30 heavy (non-hydrogen) atoms. The second-order valence-electron chi connectivity index (χ2n) is 6.16. The predicted octanol–water partition coefficient (Wildman–Crippen LogP) is 4.87. The van der Waals surface area contributed by atoms with Gasteiger partial charge in [0.05, 0.1) is 23.4 Å². The van der Waals surface area contributed by atoms with Crippen LogP contribution >= 0.6 is 23.1 Å². The number of hydrogen-bond acceptors (Lipinski definition) is 6. The topological polar surface area (TPSA) is 69.0 Å². The Balaban J connectivity index is 1.56. The van der Waals surface area contributed by atoms with E-state index in [9.17, 15) is 9.18 Å². The molecule has 0 bridgehead atoms. The molecular weight excluding hydrogens is 423 g/mol. The molecule has 9 heteroatoms. The van der Waals surface area contributed by atoms with Gasteiger partial charge >= 0.3 is 0 Å². The van der Waals surface area contributed by atoms with Crippen molar-refractivity contribution < 1.29 is 13.9 Å². The van der Waals surface area contributed by atoms with E-state index < -0.39 is 0 Å². The summed E-state index contributed by atoms with van der Waals surface area (Å²) in [5, 5.41) is 14.0. The first-order valence-corrected chi connectivity index (χ1v) is 10.8. The number of hydrogen-bond donors (Lipinski definition) is 1. The fraction of sp³-hybridized carbons (Fsp3) is 0.0952. The highest BCUT2D eigenvalue weighted by atomic mass is 32.2. The van der Waals surface area contributed by atoms with Crippen LogP contribution in [0, 0.1) is 5.82 Å². The number of nitrogens with zero attached hydrogens (tertiary/aromatic N) is 3. The number of carbonyl (C=O) groups excluding carboxylic acids is 1. The Bertz CT molecular complexity index is 1130. The van der Waals surface area contributed by atoms with Gasteiger partial charge in [-0.1, -0.05) is 17.8 Å². The lowest BCUT2D eigenvalue weighted by Crippen LogP contribution is -2.14. The number of amides is 1. The summed E-state index contributed by atoms with van der Waals surface area (Å²) in [5.41, 5.74) is 1.41. The summed E-state index contributed by atoms with van der Waals surface area (Å²) in [5.74, 6) is 1.02. The average molecular weight is 441 g/mol. The van der Waals surface area contributed by atoms with Gasteiger partial charge in [-0.05, 0) is 60.0 Å². The van der Waals surface area contributed by atoms with Gasteiger partial charge in [-0.15, -0.1) is 21.5 Å². The van der Waals surface area contributed by atoms with E-state index in [-0.39, 0.29) is 17.5 Å². The number of aromatic nitrogens is 3. The molecule has 2 heterocycles. The van der Waals surface area contributed by atoms with E-state index in [0.29, 0.717) is 16.7 Å². The number of rotatable bonds is 7. The second kappa shape index (κ2) is 9.10. The van der Waals surface area contributed by atoms with Crippen molar-refractivity contribution in [3.8, 4) is 22.1 Å². The lowest BCUT2D eigenvalue weighted by Gasteiger charge is -2.10. The maximum atomic E-state index is 13.0. The largest absolute Gasteiger partial charge is 0.497 e. The lowest BCUT2D eigenvalue weighted by molar-refractivity contribution is -0.113. The quantitative estimate of drug-likeness (QED) is 0.415. The number of benzene rings is 2. The molecule has 0 spiro atoms. The predicted molar refractivity (Wildman–Crippen MR) is 117 cm³/mol. The molecule has 0 atom stereocenters. The molecule has 0 unspecified atom stereocenters. The standard InChI is InChI=1S/C21H17FN4O2S2/c1-28-17-10-8-16(9-11-17)26-20(18-3-2-12-29-18)24-25-21(26)30-13-19(27)23-15-6-4-14(22)5-7-15/h2-12H,13H2,1H3,(H,23,27). The summed E-state index contributed by atoms with van der Waals surface area (Å²) in [6.45, 7) is 0. The molecular formula is C21H17FN4O2S2. The number of thiophene rings is 1. The number of anilines is 1. The van der Waals surface area contributed by atoms with Crippen LogP contribution in [0.4, 0.5) is 10.1 Å². The smallest absolute Gasteiger partial charge is 0.234 e. The minimum absolute atomic E-state index is 0.135. The molecule has 0 aliphatic heterocycles. The van der Waals surface area contributed by atoms with Gasteiger partial charge < -0.3 is 10.1 Å². The molecule has 0 fully saturated rings. The van der Waals surface area contributed by atoms with Crippen molar-refractivity contribution in [1.82, 2.24) is 14.8 Å². The summed E-state index contributed by atoms with van der Waals surface area (Å²) in [6, 6.07) is 17.1. The van der Waals surface area contributed by atoms with Gasteiger partial charge in [0.1, 0.15) is 11.6 Å². The number of carbonyl (C=O) groups is 1. The number of methoxy groups -OCH3 is 1. The summed E-state index contributed by atoms with van der Waals surface area (Å²) in [6.07, 6.45) is 0. The normalized spacial score (nSPS) is 10.7. The third-order valence-electron chi connectivity index (χ3n) is 4.17. The molecule has 6 nitrogen and oxygen atoms in total. The molecule has 0 aliphatic rings. The Hall–Kier alpha value is -3.17. The minimum atomic E-state index is -0.351. The van der Waals surface area contributed by atoms with Gasteiger partial charge in [0, 0.05) is 5.69 Å². The van der Waals surface area contributed by atoms with E-state index in [0.717, 1.165) is 16.3 Å². The maximum Gasteiger partial charge on any atom is 0.234 e. The fourth-order valence-corrected chi connectivity index (χ4v) is 4.20. The van der Waals surface area contributed by atoms with Crippen molar-refractivity contribution in [3.05, 3.63) is 71.9 Å². The Labute approximate surface area is 180 Å². The third kappa shape index (κ3) is 4.52. The van der Waals surface area contributed by atoms with E-state index in [2.05, 4.69) is 15.5 Å². The molecule has 152 valence electrons. The second-order valence-corrected chi connectivity index (χ2v) is 8.05. The Kier molecular flexibility index (Phi) is 6.10. The van der Waals surface area contributed by atoms with Gasteiger partial charge in [-0.25, -0.2) is 4.39 Å². The molecule has 0 saturated heterocycles. The van der Waals surface area contributed by atoms with E-state index >= 15 is 0 Å². The molecule has 1 N–H and O–H groups in total. The average Bonchev–Trinajstić information content (AvgIpc) is 3.44. The zero-order valence-electron chi connectivity index (χ0n) is 15.9. The van der Waals surface area contributed by atoms with Crippen LogP contribution in [0.5, 0.6) is 5.75 Å². The zero-order valence-corrected chi connectivity index (χ0v) is 17.5. The van der Waals surface area contributed by atoms with Gasteiger partial charge in [-0.3, -0.25) is 9.36 Å². The lowest BCUT2D eigenvalue weighted by atomic mass is 10.3. The number of ether oxygens (including phenoxy) is 1. The summed E-state index contributed by atoms with van der Waals surface area (Å²) in [4.78, 5) is 13.3. The van der Waals surface area contributed by atoms with Gasteiger partial charge in [0.15, 0.2) is 11.0 Å². The molecule has 2 aromatic heterocycles. The Morgan fingerprint density at radius 2 is 1.90 bits per heavy atom. The van der Waals surface area contributed by atoms with Crippen molar-refractivity contribution >= 4 is 34.7 Å². The Morgan fingerprint density at radius 1 is 1.13 bits per heavy atom. The van der Waals surface area contributed by atoms with Crippen LogP contribution in [-0.4, -0.2) is 33.5 Å². The first kappa shape index (κ1) is 20.1. The number of thioether (sulfide) groups is 1. The van der Waals surface area contributed by atoms with Crippen molar-refractivity contribution in [2.24, 2.45) is 0 Å². The first-order valence-electron chi connectivity index (χ1n) is 8.96.